The number of ether oxygens (including phenoxy) is 1. The molecule has 0 fully saturated rings. The number of hydrogen-bond donors (Lipinski definition) is 2. The van der Waals surface area contributed by atoms with Gasteiger partial charge in [-0.25, -0.2) is 0 Å². The van der Waals surface area contributed by atoms with Crippen molar-refractivity contribution in [2.75, 3.05) is 6.61 Å². The summed E-state index contributed by atoms with van der Waals surface area (Å²) in [6.07, 6.45) is 4.39. The molecule has 1 aliphatic carbocycles. The second kappa shape index (κ2) is 7.36. The van der Waals surface area contributed by atoms with Gasteiger partial charge >= 0.3 is 0 Å². The predicted molar refractivity (Wildman–Crippen MR) is 109 cm³/mol. The maximum Gasteiger partial charge on any atom is 0.258 e. The summed E-state index contributed by atoms with van der Waals surface area (Å²) in [5.41, 5.74) is 3.87. The number of fused-ring (bicyclic) bond motifs is 3. The molecular formula is C21H22ClN3O3. The fourth-order valence-corrected chi connectivity index (χ4v) is 3.94. The second-order valence-electron chi connectivity index (χ2n) is 7.26. The van der Waals surface area contributed by atoms with Crippen molar-refractivity contribution in [3.05, 3.63) is 62.7 Å². The highest BCUT2D eigenvalue weighted by Gasteiger charge is 2.25. The summed E-state index contributed by atoms with van der Waals surface area (Å²) < 4.78 is 7.25. The van der Waals surface area contributed by atoms with Crippen LogP contribution in [0.1, 0.15) is 35.8 Å². The molecule has 7 heteroatoms. The van der Waals surface area contributed by atoms with E-state index in [2.05, 4.69) is 10.3 Å². The van der Waals surface area contributed by atoms with Gasteiger partial charge in [0.1, 0.15) is 0 Å². The van der Waals surface area contributed by atoms with Crippen molar-refractivity contribution < 1.29 is 9.53 Å². The Balaban J connectivity index is 1.48. The Bertz CT molecular complexity index is 1120. The molecule has 3 aromatic rings. The summed E-state index contributed by atoms with van der Waals surface area (Å²) in [5.74, 6) is -0.0787. The standard InChI is InChI=1S/C21H22ClN3O3/c1-12-8-18(26)19(10-25(12)2)28-11-20(27)23-17-5-3-4-14-15-9-13(22)6-7-16(15)24-21(14)17/h6-10,17,24H,3-5,11H2,1-2H3,(H,23,27)/t17-/m0/s1. The van der Waals surface area contributed by atoms with E-state index in [4.69, 9.17) is 16.3 Å². The van der Waals surface area contributed by atoms with Gasteiger partial charge in [-0.1, -0.05) is 11.6 Å². The highest BCUT2D eigenvalue weighted by atomic mass is 35.5. The van der Waals surface area contributed by atoms with E-state index in [1.165, 1.54) is 11.6 Å². The van der Waals surface area contributed by atoms with E-state index >= 15 is 0 Å². The van der Waals surface area contributed by atoms with Gasteiger partial charge in [0.25, 0.3) is 5.91 Å². The minimum atomic E-state index is -0.253. The first kappa shape index (κ1) is 18.6. The van der Waals surface area contributed by atoms with E-state index in [1.807, 2.05) is 32.2 Å². The summed E-state index contributed by atoms with van der Waals surface area (Å²) in [6.45, 7) is 1.64. The maximum absolute atomic E-state index is 12.4. The molecule has 2 N–H and O–H groups in total. The zero-order chi connectivity index (χ0) is 19.8. The fourth-order valence-electron chi connectivity index (χ4n) is 3.77. The van der Waals surface area contributed by atoms with Crippen LogP contribution < -0.4 is 15.5 Å². The molecule has 0 bridgehead atoms. The third-order valence-electron chi connectivity index (χ3n) is 5.31. The fraction of sp³-hybridized carbons (Fsp3) is 0.333. The number of benzene rings is 1. The minimum Gasteiger partial charge on any atom is -0.478 e. The van der Waals surface area contributed by atoms with Crippen molar-refractivity contribution in [1.82, 2.24) is 14.9 Å². The molecule has 1 amide bonds. The van der Waals surface area contributed by atoms with Gasteiger partial charge in [-0.15, -0.1) is 0 Å². The molecule has 6 nitrogen and oxygen atoms in total. The summed E-state index contributed by atoms with van der Waals surface area (Å²) in [4.78, 5) is 27.9. The van der Waals surface area contributed by atoms with Crippen molar-refractivity contribution in [2.45, 2.75) is 32.2 Å². The Kier molecular flexibility index (Phi) is 4.89. The number of aromatic nitrogens is 2. The number of aromatic amines is 1. The van der Waals surface area contributed by atoms with E-state index in [9.17, 15) is 9.59 Å². The van der Waals surface area contributed by atoms with Gasteiger partial charge in [0.15, 0.2) is 12.4 Å². The lowest BCUT2D eigenvalue weighted by Gasteiger charge is -2.24. The molecule has 146 valence electrons. The largest absolute Gasteiger partial charge is 0.478 e. The maximum atomic E-state index is 12.4. The lowest BCUT2D eigenvalue weighted by atomic mass is 9.91. The summed E-state index contributed by atoms with van der Waals surface area (Å²) >= 11 is 6.14. The number of halogens is 1. The molecule has 2 aromatic heterocycles. The van der Waals surface area contributed by atoms with Gasteiger partial charge in [0.05, 0.1) is 6.04 Å². The molecule has 0 aliphatic heterocycles. The SMILES string of the molecule is Cc1cc(=O)c(OCC(=O)N[C@H]2CCCc3c2[nH]c2ccc(Cl)cc32)cn1C. The van der Waals surface area contributed by atoms with Gasteiger partial charge < -0.3 is 19.6 Å². The van der Waals surface area contributed by atoms with E-state index in [0.717, 1.165) is 41.6 Å². The lowest BCUT2D eigenvalue weighted by Crippen LogP contribution is -2.35. The third-order valence-corrected chi connectivity index (χ3v) is 5.55. The van der Waals surface area contributed by atoms with Crippen molar-refractivity contribution in [2.24, 2.45) is 7.05 Å². The molecule has 2 heterocycles. The van der Waals surface area contributed by atoms with Crippen molar-refractivity contribution >= 4 is 28.4 Å². The monoisotopic (exact) mass is 399 g/mol. The number of aryl methyl sites for hydroxylation is 3. The molecule has 0 saturated carbocycles. The molecule has 0 saturated heterocycles. The van der Waals surface area contributed by atoms with Crippen LogP contribution in [-0.4, -0.2) is 22.1 Å². The number of nitrogens with one attached hydrogen (secondary N) is 2. The molecule has 0 spiro atoms. The molecule has 1 atom stereocenters. The molecule has 0 radical (unpaired) electrons. The van der Waals surface area contributed by atoms with Gasteiger partial charge in [-0.05, 0) is 49.9 Å². The van der Waals surface area contributed by atoms with Crippen LogP contribution in [0, 0.1) is 6.92 Å². The van der Waals surface area contributed by atoms with Gasteiger partial charge in [0, 0.05) is 46.6 Å². The van der Waals surface area contributed by atoms with Crippen LogP contribution in [0.2, 0.25) is 5.02 Å². The molecular weight excluding hydrogens is 378 g/mol. The summed E-state index contributed by atoms with van der Waals surface area (Å²) in [7, 11) is 1.83. The average molecular weight is 400 g/mol. The Hall–Kier alpha value is -2.73. The Morgan fingerprint density at radius 2 is 2.21 bits per heavy atom. The average Bonchev–Trinajstić information content (AvgIpc) is 3.03. The van der Waals surface area contributed by atoms with Crippen LogP contribution in [0.15, 0.2) is 35.3 Å². The number of pyridine rings is 1. The number of carbonyl (C=O) groups is 1. The molecule has 1 aromatic carbocycles. The van der Waals surface area contributed by atoms with Crippen LogP contribution in [0.25, 0.3) is 10.9 Å². The van der Waals surface area contributed by atoms with Gasteiger partial charge in [-0.2, -0.15) is 0 Å². The second-order valence-corrected chi connectivity index (χ2v) is 7.70. The highest BCUT2D eigenvalue weighted by Crippen LogP contribution is 2.35. The van der Waals surface area contributed by atoms with E-state index in [0.29, 0.717) is 5.02 Å². The molecule has 4 rings (SSSR count). The number of hydrogen-bond acceptors (Lipinski definition) is 3. The van der Waals surface area contributed by atoms with Crippen LogP contribution in [0.4, 0.5) is 0 Å². The van der Waals surface area contributed by atoms with E-state index in [1.54, 1.807) is 10.8 Å². The van der Waals surface area contributed by atoms with Gasteiger partial charge in [0.2, 0.25) is 5.43 Å². The topological polar surface area (TPSA) is 76.1 Å². The summed E-state index contributed by atoms with van der Waals surface area (Å²) in [5, 5.41) is 4.84. The van der Waals surface area contributed by atoms with Crippen LogP contribution in [-0.2, 0) is 18.3 Å². The van der Waals surface area contributed by atoms with E-state index < -0.39 is 0 Å². The van der Waals surface area contributed by atoms with Crippen molar-refractivity contribution in [3.8, 4) is 5.75 Å². The molecule has 0 unspecified atom stereocenters. The van der Waals surface area contributed by atoms with Crippen molar-refractivity contribution in [1.29, 1.82) is 0 Å². The zero-order valence-electron chi connectivity index (χ0n) is 15.8. The third kappa shape index (κ3) is 3.52. The minimum absolute atomic E-state index is 0.105. The highest BCUT2D eigenvalue weighted by molar-refractivity contribution is 6.31. The van der Waals surface area contributed by atoms with Crippen LogP contribution >= 0.6 is 11.6 Å². The number of carbonyl (C=O) groups excluding carboxylic acids is 1. The van der Waals surface area contributed by atoms with E-state index in [-0.39, 0.29) is 29.7 Å². The van der Waals surface area contributed by atoms with Crippen LogP contribution in [0.3, 0.4) is 0 Å². The zero-order valence-corrected chi connectivity index (χ0v) is 16.6. The lowest BCUT2D eigenvalue weighted by molar-refractivity contribution is -0.124. The van der Waals surface area contributed by atoms with Gasteiger partial charge in [-0.3, -0.25) is 9.59 Å². The first-order valence-electron chi connectivity index (χ1n) is 9.32. The Morgan fingerprint density at radius 1 is 1.39 bits per heavy atom. The number of nitrogens with zero attached hydrogens (tertiary/aromatic N) is 1. The number of amides is 1. The quantitative estimate of drug-likeness (QED) is 0.706. The van der Waals surface area contributed by atoms with Crippen LogP contribution in [0.5, 0.6) is 5.75 Å². The number of H-pyrrole nitrogens is 1. The first-order valence-corrected chi connectivity index (χ1v) is 9.69. The smallest absolute Gasteiger partial charge is 0.258 e. The molecule has 28 heavy (non-hydrogen) atoms. The number of rotatable bonds is 4. The predicted octanol–water partition coefficient (Wildman–Crippen LogP) is 3.40. The van der Waals surface area contributed by atoms with Crippen molar-refractivity contribution in [3.63, 3.8) is 0 Å². The normalized spacial score (nSPS) is 16.0. The summed E-state index contributed by atoms with van der Waals surface area (Å²) in [6, 6.07) is 7.18. The first-order chi connectivity index (χ1) is 13.4. The molecule has 1 aliphatic rings. The Morgan fingerprint density at radius 3 is 3.04 bits per heavy atom. The Labute approximate surface area is 167 Å².